The van der Waals surface area contributed by atoms with Gasteiger partial charge in [-0.05, 0) is 49.4 Å². The number of likely N-dealkylation sites (N-methyl/N-ethyl adjacent to an activating group) is 1. The van der Waals surface area contributed by atoms with Crippen LogP contribution in [0.25, 0.3) is 0 Å². The van der Waals surface area contributed by atoms with Crippen LogP contribution in [0.1, 0.15) is 19.3 Å². The van der Waals surface area contributed by atoms with Crippen molar-refractivity contribution < 1.29 is 18.6 Å². The van der Waals surface area contributed by atoms with Crippen LogP contribution in [-0.2, 0) is 9.47 Å². The molecule has 0 radical (unpaired) electrons. The van der Waals surface area contributed by atoms with Crippen molar-refractivity contribution in [2.24, 2.45) is 10.9 Å². The lowest BCUT2D eigenvalue weighted by Gasteiger charge is -2.23. The fourth-order valence-electron chi connectivity index (χ4n) is 2.86. The third-order valence-corrected chi connectivity index (χ3v) is 4.53. The van der Waals surface area contributed by atoms with Gasteiger partial charge in [0.1, 0.15) is 18.2 Å². The number of ether oxygens (including phenoxy) is 3. The first kappa shape index (κ1) is 24.9. The van der Waals surface area contributed by atoms with Gasteiger partial charge in [-0.2, -0.15) is 0 Å². The van der Waals surface area contributed by atoms with Gasteiger partial charge >= 0.3 is 0 Å². The highest BCUT2D eigenvalue weighted by atomic mass is 127. The number of guanidine groups is 1. The lowest BCUT2D eigenvalue weighted by atomic mass is 10.0. The van der Waals surface area contributed by atoms with E-state index in [1.807, 2.05) is 11.9 Å². The Labute approximate surface area is 184 Å². The van der Waals surface area contributed by atoms with Gasteiger partial charge in [0.25, 0.3) is 0 Å². The SMILES string of the molecule is CN=C(NCCCOCC1CCOCC1)N(C)CCOc1ccc(F)cc1.I. The summed E-state index contributed by atoms with van der Waals surface area (Å²) >= 11 is 0. The Kier molecular flexibility index (Phi) is 13.2. The number of nitrogens with one attached hydrogen (secondary N) is 1. The van der Waals surface area contributed by atoms with Gasteiger partial charge < -0.3 is 24.4 Å². The molecule has 0 aromatic heterocycles. The van der Waals surface area contributed by atoms with E-state index >= 15 is 0 Å². The predicted molar refractivity (Wildman–Crippen MR) is 120 cm³/mol. The lowest BCUT2D eigenvalue weighted by Crippen LogP contribution is -2.41. The average molecular weight is 509 g/mol. The summed E-state index contributed by atoms with van der Waals surface area (Å²) in [5, 5.41) is 3.33. The van der Waals surface area contributed by atoms with Crippen LogP contribution in [0.4, 0.5) is 4.39 Å². The molecule has 0 spiro atoms. The van der Waals surface area contributed by atoms with Gasteiger partial charge in [0.15, 0.2) is 5.96 Å². The van der Waals surface area contributed by atoms with E-state index in [4.69, 9.17) is 14.2 Å². The molecule has 1 N–H and O–H groups in total. The normalized spacial score (nSPS) is 15.0. The van der Waals surface area contributed by atoms with Crippen molar-refractivity contribution in [3.05, 3.63) is 30.1 Å². The monoisotopic (exact) mass is 509 g/mol. The van der Waals surface area contributed by atoms with Crippen LogP contribution in [-0.4, -0.2) is 71.1 Å². The molecule has 0 saturated carbocycles. The van der Waals surface area contributed by atoms with E-state index in [1.165, 1.54) is 12.1 Å². The second-order valence-corrected chi connectivity index (χ2v) is 6.68. The molecular weight excluding hydrogens is 476 g/mol. The first-order chi connectivity index (χ1) is 13.2. The zero-order chi connectivity index (χ0) is 19.3. The zero-order valence-electron chi connectivity index (χ0n) is 16.9. The van der Waals surface area contributed by atoms with Crippen LogP contribution < -0.4 is 10.1 Å². The maximum atomic E-state index is 12.9. The van der Waals surface area contributed by atoms with E-state index in [1.54, 1.807) is 19.2 Å². The molecule has 1 aromatic carbocycles. The molecule has 0 amide bonds. The van der Waals surface area contributed by atoms with Gasteiger partial charge in [-0.25, -0.2) is 4.39 Å². The maximum Gasteiger partial charge on any atom is 0.193 e. The molecule has 2 rings (SSSR count). The largest absolute Gasteiger partial charge is 0.492 e. The minimum absolute atomic E-state index is 0. The lowest BCUT2D eigenvalue weighted by molar-refractivity contribution is 0.0203. The van der Waals surface area contributed by atoms with Gasteiger partial charge in [-0.1, -0.05) is 0 Å². The Balaban J connectivity index is 0.00000392. The zero-order valence-corrected chi connectivity index (χ0v) is 19.2. The number of halogens is 2. The standard InChI is InChI=1S/C20H32FN3O3.HI/c1-22-20(23-10-3-12-26-16-17-8-13-25-14-9-17)24(2)11-15-27-19-6-4-18(21)5-7-19;/h4-7,17H,3,8-16H2,1-2H3,(H,22,23);1H. The van der Waals surface area contributed by atoms with Gasteiger partial charge in [-0.3, -0.25) is 4.99 Å². The number of nitrogens with zero attached hydrogens (tertiary/aromatic N) is 2. The van der Waals surface area contributed by atoms with Crippen LogP contribution in [0, 0.1) is 11.7 Å². The summed E-state index contributed by atoms with van der Waals surface area (Å²) in [6.45, 7) is 5.29. The van der Waals surface area contributed by atoms with Crippen LogP contribution in [0.2, 0.25) is 0 Å². The fraction of sp³-hybridized carbons (Fsp3) is 0.650. The molecule has 8 heteroatoms. The molecule has 1 heterocycles. The van der Waals surface area contributed by atoms with E-state index in [2.05, 4.69) is 10.3 Å². The van der Waals surface area contributed by atoms with Crippen LogP contribution in [0.15, 0.2) is 29.3 Å². The Hall–Kier alpha value is -1.13. The van der Waals surface area contributed by atoms with E-state index in [9.17, 15) is 4.39 Å². The highest BCUT2D eigenvalue weighted by Gasteiger charge is 2.13. The Bertz CT molecular complexity index is 554. The topological polar surface area (TPSA) is 55.3 Å². The molecule has 1 aliphatic heterocycles. The van der Waals surface area contributed by atoms with Crippen LogP contribution >= 0.6 is 24.0 Å². The second-order valence-electron chi connectivity index (χ2n) is 6.68. The minimum atomic E-state index is -0.263. The Morgan fingerprint density at radius 2 is 1.96 bits per heavy atom. The molecule has 1 saturated heterocycles. The minimum Gasteiger partial charge on any atom is -0.492 e. The Morgan fingerprint density at radius 3 is 2.64 bits per heavy atom. The molecule has 1 aliphatic rings. The summed E-state index contributed by atoms with van der Waals surface area (Å²) in [6.07, 6.45) is 3.15. The third kappa shape index (κ3) is 9.88. The van der Waals surface area contributed by atoms with Gasteiger partial charge in [0, 0.05) is 47.1 Å². The molecule has 1 fully saturated rings. The van der Waals surface area contributed by atoms with Gasteiger partial charge in [-0.15, -0.1) is 24.0 Å². The first-order valence-electron chi connectivity index (χ1n) is 9.64. The van der Waals surface area contributed by atoms with E-state index in [0.717, 1.165) is 58.2 Å². The van der Waals surface area contributed by atoms with Crippen molar-refractivity contribution in [1.29, 1.82) is 0 Å². The smallest absolute Gasteiger partial charge is 0.193 e. The summed E-state index contributed by atoms with van der Waals surface area (Å²) in [6, 6.07) is 6.04. The predicted octanol–water partition coefficient (Wildman–Crippen LogP) is 3.16. The van der Waals surface area contributed by atoms with E-state index in [-0.39, 0.29) is 29.8 Å². The first-order valence-corrected chi connectivity index (χ1v) is 9.64. The van der Waals surface area contributed by atoms with Crippen molar-refractivity contribution in [2.75, 3.05) is 60.2 Å². The number of benzene rings is 1. The quantitative estimate of drug-likeness (QED) is 0.227. The maximum absolute atomic E-state index is 12.9. The Morgan fingerprint density at radius 1 is 1.25 bits per heavy atom. The van der Waals surface area contributed by atoms with E-state index in [0.29, 0.717) is 24.8 Å². The number of hydrogen-bond donors (Lipinski definition) is 1. The summed E-state index contributed by atoms with van der Waals surface area (Å²) < 4.78 is 29.6. The third-order valence-electron chi connectivity index (χ3n) is 4.53. The molecule has 0 atom stereocenters. The average Bonchev–Trinajstić information content (AvgIpc) is 2.69. The fourth-order valence-corrected chi connectivity index (χ4v) is 2.86. The number of rotatable bonds is 10. The summed E-state index contributed by atoms with van der Waals surface area (Å²) in [7, 11) is 3.73. The summed E-state index contributed by atoms with van der Waals surface area (Å²) in [5.41, 5.74) is 0. The van der Waals surface area contributed by atoms with Crippen molar-refractivity contribution >= 4 is 29.9 Å². The van der Waals surface area contributed by atoms with Crippen LogP contribution in [0.5, 0.6) is 5.75 Å². The van der Waals surface area contributed by atoms with Crippen molar-refractivity contribution in [3.63, 3.8) is 0 Å². The highest BCUT2D eigenvalue weighted by Crippen LogP contribution is 2.14. The molecule has 6 nitrogen and oxygen atoms in total. The molecule has 0 aliphatic carbocycles. The highest BCUT2D eigenvalue weighted by molar-refractivity contribution is 14.0. The molecular formula is C20H33FIN3O3. The molecule has 160 valence electrons. The molecule has 0 bridgehead atoms. The van der Waals surface area contributed by atoms with Gasteiger partial charge in [0.05, 0.1) is 6.54 Å². The summed E-state index contributed by atoms with van der Waals surface area (Å²) in [5.74, 6) is 1.86. The number of hydrogen-bond acceptors (Lipinski definition) is 4. The van der Waals surface area contributed by atoms with Crippen molar-refractivity contribution in [3.8, 4) is 5.75 Å². The van der Waals surface area contributed by atoms with E-state index < -0.39 is 0 Å². The van der Waals surface area contributed by atoms with Crippen molar-refractivity contribution in [1.82, 2.24) is 10.2 Å². The summed E-state index contributed by atoms with van der Waals surface area (Å²) in [4.78, 5) is 6.29. The second kappa shape index (κ2) is 14.8. The number of aliphatic imine (C=N–C) groups is 1. The van der Waals surface area contributed by atoms with Gasteiger partial charge in [0.2, 0.25) is 0 Å². The molecule has 28 heavy (non-hydrogen) atoms. The molecule has 1 aromatic rings. The molecule has 0 unspecified atom stereocenters. The van der Waals surface area contributed by atoms with Crippen molar-refractivity contribution in [2.45, 2.75) is 19.3 Å². The van der Waals surface area contributed by atoms with Crippen LogP contribution in [0.3, 0.4) is 0 Å².